The fourth-order valence-electron chi connectivity index (χ4n) is 2.53. The molecule has 2 heterocycles. The van der Waals surface area contributed by atoms with Crippen molar-refractivity contribution in [3.63, 3.8) is 0 Å². The van der Waals surface area contributed by atoms with Gasteiger partial charge >= 0.3 is 0 Å². The van der Waals surface area contributed by atoms with E-state index in [2.05, 4.69) is 56.1 Å². The van der Waals surface area contributed by atoms with E-state index in [4.69, 9.17) is 0 Å². The molecule has 1 fully saturated rings. The standard InChI is InChI=1S/C14H21BrN4/c1-4-13-12(3)16-10-17-14(13)19-7-5-18(6-8-19)9-11(2)15/h10H,2,4-9H2,1,3H3. The lowest BCUT2D eigenvalue weighted by Crippen LogP contribution is -2.47. The van der Waals surface area contributed by atoms with Crippen molar-refractivity contribution in [3.8, 4) is 0 Å². The number of aromatic nitrogens is 2. The molecule has 2 rings (SSSR count). The Bertz CT molecular complexity index is 453. The van der Waals surface area contributed by atoms with Crippen LogP contribution in [0.2, 0.25) is 0 Å². The summed E-state index contributed by atoms with van der Waals surface area (Å²) in [5.74, 6) is 1.12. The molecule has 1 aromatic rings. The van der Waals surface area contributed by atoms with E-state index < -0.39 is 0 Å². The lowest BCUT2D eigenvalue weighted by atomic mass is 10.1. The third-order valence-corrected chi connectivity index (χ3v) is 3.81. The Morgan fingerprint density at radius 3 is 2.58 bits per heavy atom. The number of halogens is 1. The third kappa shape index (κ3) is 3.54. The van der Waals surface area contributed by atoms with Crippen LogP contribution in [-0.2, 0) is 6.42 Å². The van der Waals surface area contributed by atoms with Gasteiger partial charge in [0.25, 0.3) is 0 Å². The predicted molar refractivity (Wildman–Crippen MR) is 82.9 cm³/mol. The maximum Gasteiger partial charge on any atom is 0.135 e. The minimum absolute atomic E-state index is 0.928. The molecule has 0 saturated carbocycles. The number of aryl methyl sites for hydroxylation is 1. The molecule has 0 spiro atoms. The van der Waals surface area contributed by atoms with E-state index >= 15 is 0 Å². The molecule has 0 atom stereocenters. The van der Waals surface area contributed by atoms with E-state index in [9.17, 15) is 0 Å². The van der Waals surface area contributed by atoms with E-state index in [-0.39, 0.29) is 0 Å². The Labute approximate surface area is 123 Å². The molecule has 0 radical (unpaired) electrons. The number of hydrogen-bond donors (Lipinski definition) is 0. The molecule has 0 aliphatic carbocycles. The second-order valence-electron chi connectivity index (χ2n) is 4.90. The average molecular weight is 325 g/mol. The van der Waals surface area contributed by atoms with Crippen LogP contribution >= 0.6 is 15.9 Å². The average Bonchev–Trinajstić information content (AvgIpc) is 2.38. The number of nitrogens with zero attached hydrogens (tertiary/aromatic N) is 4. The lowest BCUT2D eigenvalue weighted by Gasteiger charge is -2.36. The lowest BCUT2D eigenvalue weighted by molar-refractivity contribution is 0.282. The molecule has 19 heavy (non-hydrogen) atoms. The van der Waals surface area contributed by atoms with Crippen molar-refractivity contribution in [2.24, 2.45) is 0 Å². The Morgan fingerprint density at radius 2 is 2.00 bits per heavy atom. The molecule has 1 aliphatic heterocycles. The molecular formula is C14H21BrN4. The molecule has 0 bridgehead atoms. The van der Waals surface area contributed by atoms with Crippen LogP contribution in [0.1, 0.15) is 18.2 Å². The first-order chi connectivity index (χ1) is 9.11. The summed E-state index contributed by atoms with van der Waals surface area (Å²) in [6.45, 7) is 13.2. The smallest absolute Gasteiger partial charge is 0.135 e. The van der Waals surface area contributed by atoms with Crippen LogP contribution in [0, 0.1) is 6.92 Å². The predicted octanol–water partition coefficient (Wildman–Crippen LogP) is 2.38. The van der Waals surface area contributed by atoms with Gasteiger partial charge in [0.2, 0.25) is 0 Å². The Hall–Kier alpha value is -0.940. The zero-order valence-electron chi connectivity index (χ0n) is 11.7. The van der Waals surface area contributed by atoms with Gasteiger partial charge in [-0.25, -0.2) is 9.97 Å². The van der Waals surface area contributed by atoms with Gasteiger partial charge in [-0.1, -0.05) is 29.4 Å². The topological polar surface area (TPSA) is 32.3 Å². The maximum atomic E-state index is 4.49. The van der Waals surface area contributed by atoms with Gasteiger partial charge in [0.15, 0.2) is 0 Å². The molecule has 1 aliphatic rings. The second-order valence-corrected chi connectivity index (χ2v) is 6.02. The molecule has 5 heteroatoms. The Kier molecular flexibility index (Phi) is 4.93. The summed E-state index contributed by atoms with van der Waals surface area (Å²) in [4.78, 5) is 13.6. The first kappa shape index (κ1) is 14.5. The third-order valence-electron chi connectivity index (χ3n) is 3.56. The van der Waals surface area contributed by atoms with Gasteiger partial charge in [-0.3, -0.25) is 4.90 Å². The first-order valence-electron chi connectivity index (χ1n) is 6.73. The van der Waals surface area contributed by atoms with E-state index in [0.717, 1.165) is 55.1 Å². The molecule has 1 aromatic heterocycles. The van der Waals surface area contributed by atoms with Crippen molar-refractivity contribution < 1.29 is 0 Å². The van der Waals surface area contributed by atoms with Gasteiger partial charge < -0.3 is 4.90 Å². The molecule has 0 unspecified atom stereocenters. The highest BCUT2D eigenvalue weighted by Crippen LogP contribution is 2.21. The molecule has 0 aromatic carbocycles. The molecule has 0 N–H and O–H groups in total. The van der Waals surface area contributed by atoms with Gasteiger partial charge in [-0.2, -0.15) is 0 Å². The van der Waals surface area contributed by atoms with Crippen LogP contribution in [0.15, 0.2) is 17.4 Å². The fourth-order valence-corrected chi connectivity index (χ4v) is 2.89. The summed E-state index contributed by atoms with van der Waals surface area (Å²) in [5, 5.41) is 0. The van der Waals surface area contributed by atoms with Crippen LogP contribution in [0.4, 0.5) is 5.82 Å². The Morgan fingerprint density at radius 1 is 1.32 bits per heavy atom. The van der Waals surface area contributed by atoms with Crippen LogP contribution in [0.5, 0.6) is 0 Å². The summed E-state index contributed by atoms with van der Waals surface area (Å²) in [6, 6.07) is 0. The van der Waals surface area contributed by atoms with Gasteiger partial charge in [-0.15, -0.1) is 0 Å². The van der Waals surface area contributed by atoms with Gasteiger partial charge in [0, 0.05) is 48.5 Å². The monoisotopic (exact) mass is 324 g/mol. The van der Waals surface area contributed by atoms with Crippen molar-refractivity contribution in [3.05, 3.63) is 28.6 Å². The highest BCUT2D eigenvalue weighted by Gasteiger charge is 2.20. The fraction of sp³-hybridized carbons (Fsp3) is 0.571. The van der Waals surface area contributed by atoms with Crippen LogP contribution < -0.4 is 4.90 Å². The van der Waals surface area contributed by atoms with E-state index in [1.54, 1.807) is 6.33 Å². The number of anilines is 1. The highest BCUT2D eigenvalue weighted by atomic mass is 79.9. The van der Waals surface area contributed by atoms with Gasteiger partial charge in [-0.05, 0) is 13.3 Å². The maximum absolute atomic E-state index is 4.49. The second kappa shape index (κ2) is 6.48. The summed E-state index contributed by atoms with van der Waals surface area (Å²) < 4.78 is 1.05. The van der Waals surface area contributed by atoms with Crippen molar-refractivity contribution in [2.75, 3.05) is 37.6 Å². The van der Waals surface area contributed by atoms with Gasteiger partial charge in [0.1, 0.15) is 12.1 Å². The summed E-state index contributed by atoms with van der Waals surface area (Å²) >= 11 is 3.43. The number of rotatable bonds is 4. The summed E-state index contributed by atoms with van der Waals surface area (Å²) in [7, 11) is 0. The SMILES string of the molecule is C=C(Br)CN1CCN(c2ncnc(C)c2CC)CC1. The van der Waals surface area contributed by atoms with E-state index in [0.29, 0.717) is 0 Å². The summed E-state index contributed by atoms with van der Waals surface area (Å²) in [6.07, 6.45) is 2.66. The first-order valence-corrected chi connectivity index (χ1v) is 7.52. The summed E-state index contributed by atoms with van der Waals surface area (Å²) in [5.41, 5.74) is 2.38. The number of piperazine rings is 1. The minimum Gasteiger partial charge on any atom is -0.354 e. The van der Waals surface area contributed by atoms with Crippen molar-refractivity contribution in [1.82, 2.24) is 14.9 Å². The minimum atomic E-state index is 0.928. The molecule has 104 valence electrons. The van der Waals surface area contributed by atoms with Crippen LogP contribution in [0.25, 0.3) is 0 Å². The van der Waals surface area contributed by atoms with Crippen molar-refractivity contribution in [1.29, 1.82) is 0 Å². The quantitative estimate of drug-likeness (QED) is 0.851. The van der Waals surface area contributed by atoms with Crippen LogP contribution in [-0.4, -0.2) is 47.6 Å². The molecule has 1 saturated heterocycles. The highest BCUT2D eigenvalue weighted by molar-refractivity contribution is 9.11. The van der Waals surface area contributed by atoms with E-state index in [1.165, 1.54) is 5.56 Å². The largest absolute Gasteiger partial charge is 0.354 e. The zero-order chi connectivity index (χ0) is 13.8. The molecule has 4 nitrogen and oxygen atoms in total. The van der Waals surface area contributed by atoms with Crippen LogP contribution in [0.3, 0.4) is 0 Å². The van der Waals surface area contributed by atoms with Crippen molar-refractivity contribution >= 4 is 21.7 Å². The van der Waals surface area contributed by atoms with Crippen molar-refractivity contribution in [2.45, 2.75) is 20.3 Å². The zero-order valence-corrected chi connectivity index (χ0v) is 13.3. The van der Waals surface area contributed by atoms with Gasteiger partial charge in [0.05, 0.1) is 0 Å². The Balaban J connectivity index is 2.05. The molecule has 0 amide bonds. The van der Waals surface area contributed by atoms with E-state index in [1.807, 2.05) is 0 Å². The molecular weight excluding hydrogens is 304 g/mol. The number of hydrogen-bond acceptors (Lipinski definition) is 4. The normalized spacial score (nSPS) is 16.7.